The quantitative estimate of drug-likeness (QED) is 0.719. The Hall–Kier alpha value is -2.07. The predicted molar refractivity (Wildman–Crippen MR) is 116 cm³/mol. The Labute approximate surface area is 162 Å². The monoisotopic (exact) mass is 367 g/mol. The Morgan fingerprint density at radius 1 is 1.04 bits per heavy atom. The van der Waals surface area contributed by atoms with Crippen molar-refractivity contribution >= 4 is 28.7 Å². The van der Waals surface area contributed by atoms with Crippen LogP contribution < -0.4 is 15.5 Å². The fourth-order valence-electron chi connectivity index (χ4n) is 3.32. The Kier molecular flexibility index (Phi) is 6.15. The number of nitrogens with zero attached hydrogens (tertiary/aromatic N) is 1. The summed E-state index contributed by atoms with van der Waals surface area (Å²) in [5, 5.41) is 7.27. The van der Waals surface area contributed by atoms with Crippen LogP contribution in [0.15, 0.2) is 48.5 Å². The van der Waals surface area contributed by atoms with Crippen molar-refractivity contribution in [3.8, 4) is 0 Å². The van der Waals surface area contributed by atoms with Crippen molar-refractivity contribution in [2.75, 3.05) is 23.3 Å². The maximum atomic E-state index is 5.45. The summed E-state index contributed by atoms with van der Waals surface area (Å²) in [6, 6.07) is 17.3. The van der Waals surface area contributed by atoms with Crippen LogP contribution in [0.25, 0.3) is 0 Å². The highest BCUT2D eigenvalue weighted by Gasteiger charge is 2.16. The largest absolute Gasteiger partial charge is 0.372 e. The van der Waals surface area contributed by atoms with Gasteiger partial charge in [-0.1, -0.05) is 36.8 Å². The van der Waals surface area contributed by atoms with Crippen molar-refractivity contribution in [1.82, 2.24) is 5.32 Å². The third-order valence-electron chi connectivity index (χ3n) is 5.20. The van der Waals surface area contributed by atoms with E-state index in [-0.39, 0.29) is 6.04 Å². The molecule has 1 unspecified atom stereocenters. The second kappa shape index (κ2) is 8.54. The number of benzene rings is 2. The Bertz CT molecular complexity index is 716. The molecule has 0 bridgehead atoms. The van der Waals surface area contributed by atoms with Crippen LogP contribution in [-0.4, -0.2) is 18.2 Å². The number of nitrogens with one attached hydrogen (secondary N) is 2. The maximum Gasteiger partial charge on any atom is 0.171 e. The normalized spacial score (nSPS) is 16.2. The van der Waals surface area contributed by atoms with Crippen LogP contribution in [0.3, 0.4) is 0 Å². The summed E-state index contributed by atoms with van der Waals surface area (Å²) in [5.74, 6) is 0.858. The summed E-state index contributed by atoms with van der Waals surface area (Å²) in [7, 11) is 0. The Balaban J connectivity index is 1.54. The Morgan fingerprint density at radius 3 is 2.27 bits per heavy atom. The van der Waals surface area contributed by atoms with Crippen LogP contribution in [0.4, 0.5) is 11.4 Å². The zero-order chi connectivity index (χ0) is 18.5. The molecule has 3 nitrogen and oxygen atoms in total. The molecule has 0 radical (unpaired) electrons. The minimum atomic E-state index is 0.163. The van der Waals surface area contributed by atoms with E-state index < -0.39 is 0 Å². The van der Waals surface area contributed by atoms with Gasteiger partial charge < -0.3 is 15.5 Å². The molecule has 2 aromatic carbocycles. The van der Waals surface area contributed by atoms with Crippen molar-refractivity contribution in [3.63, 3.8) is 0 Å². The molecular weight excluding hydrogens is 338 g/mol. The van der Waals surface area contributed by atoms with Crippen LogP contribution in [-0.2, 0) is 0 Å². The maximum absolute atomic E-state index is 5.45. The van der Waals surface area contributed by atoms with Gasteiger partial charge in [-0.2, -0.15) is 0 Å². The highest BCUT2D eigenvalue weighted by Crippen LogP contribution is 2.24. The molecule has 1 aliphatic heterocycles. The van der Waals surface area contributed by atoms with Gasteiger partial charge in [0, 0.05) is 24.5 Å². The molecule has 3 rings (SSSR count). The molecule has 0 spiro atoms. The lowest BCUT2D eigenvalue weighted by Crippen LogP contribution is -2.33. The van der Waals surface area contributed by atoms with E-state index in [0.29, 0.717) is 5.11 Å². The first-order valence-electron chi connectivity index (χ1n) is 9.50. The highest BCUT2D eigenvalue weighted by molar-refractivity contribution is 7.80. The molecule has 4 heteroatoms. The second-order valence-corrected chi connectivity index (χ2v) is 7.86. The number of anilines is 2. The number of aryl methyl sites for hydroxylation is 1. The smallest absolute Gasteiger partial charge is 0.171 e. The van der Waals surface area contributed by atoms with Crippen LogP contribution >= 0.6 is 12.2 Å². The SMILES string of the molecule is Cc1ccc(NC(=S)NC(C)c2ccc(N3CCC(C)CC3)cc2)cc1. The molecule has 26 heavy (non-hydrogen) atoms. The fraction of sp³-hybridized carbons (Fsp3) is 0.409. The van der Waals surface area contributed by atoms with E-state index in [2.05, 4.69) is 72.7 Å². The minimum absolute atomic E-state index is 0.163. The summed E-state index contributed by atoms with van der Waals surface area (Å²) in [4.78, 5) is 2.49. The lowest BCUT2D eigenvalue weighted by molar-refractivity contribution is 0.438. The average molecular weight is 368 g/mol. The molecule has 1 aliphatic rings. The predicted octanol–water partition coefficient (Wildman–Crippen LogP) is 5.28. The first-order valence-corrected chi connectivity index (χ1v) is 9.91. The summed E-state index contributed by atoms with van der Waals surface area (Å²) in [6.07, 6.45) is 2.58. The van der Waals surface area contributed by atoms with Crippen molar-refractivity contribution < 1.29 is 0 Å². The van der Waals surface area contributed by atoms with E-state index in [1.807, 2.05) is 12.1 Å². The van der Waals surface area contributed by atoms with Crippen LogP contribution in [0.1, 0.15) is 43.9 Å². The van der Waals surface area contributed by atoms with E-state index in [1.165, 1.54) is 42.7 Å². The number of hydrogen-bond acceptors (Lipinski definition) is 2. The summed E-state index contributed by atoms with van der Waals surface area (Å²) < 4.78 is 0. The van der Waals surface area contributed by atoms with E-state index >= 15 is 0 Å². The molecule has 138 valence electrons. The topological polar surface area (TPSA) is 27.3 Å². The van der Waals surface area contributed by atoms with E-state index in [0.717, 1.165) is 11.6 Å². The molecule has 0 aliphatic carbocycles. The van der Waals surface area contributed by atoms with Gasteiger partial charge in [-0.25, -0.2) is 0 Å². The van der Waals surface area contributed by atoms with Crippen LogP contribution in [0.5, 0.6) is 0 Å². The van der Waals surface area contributed by atoms with Gasteiger partial charge in [-0.15, -0.1) is 0 Å². The van der Waals surface area contributed by atoms with Gasteiger partial charge in [0.05, 0.1) is 6.04 Å². The average Bonchev–Trinajstić information content (AvgIpc) is 2.64. The van der Waals surface area contributed by atoms with Crippen LogP contribution in [0, 0.1) is 12.8 Å². The zero-order valence-corrected chi connectivity index (χ0v) is 16.8. The zero-order valence-electron chi connectivity index (χ0n) is 16.0. The van der Waals surface area contributed by atoms with Crippen molar-refractivity contribution in [2.45, 2.75) is 39.7 Å². The molecule has 1 heterocycles. The van der Waals surface area contributed by atoms with Crippen molar-refractivity contribution in [3.05, 3.63) is 59.7 Å². The third-order valence-corrected chi connectivity index (χ3v) is 5.42. The summed E-state index contributed by atoms with van der Waals surface area (Å²) >= 11 is 5.45. The fourth-order valence-corrected chi connectivity index (χ4v) is 3.62. The third kappa shape index (κ3) is 4.98. The van der Waals surface area contributed by atoms with E-state index in [1.54, 1.807) is 0 Å². The van der Waals surface area contributed by atoms with Gasteiger partial charge in [-0.05, 0) is 74.7 Å². The van der Waals surface area contributed by atoms with Gasteiger partial charge in [0.2, 0.25) is 0 Å². The molecule has 2 N–H and O–H groups in total. The molecule has 0 amide bonds. The molecule has 1 fully saturated rings. The van der Waals surface area contributed by atoms with E-state index in [9.17, 15) is 0 Å². The number of piperidine rings is 1. The number of hydrogen-bond donors (Lipinski definition) is 2. The van der Waals surface area contributed by atoms with Crippen molar-refractivity contribution in [2.24, 2.45) is 5.92 Å². The molecule has 1 saturated heterocycles. The first-order chi connectivity index (χ1) is 12.5. The highest BCUT2D eigenvalue weighted by atomic mass is 32.1. The number of thiocarbonyl (C=S) groups is 1. The van der Waals surface area contributed by atoms with Gasteiger partial charge >= 0.3 is 0 Å². The molecular formula is C22H29N3S. The summed E-state index contributed by atoms with van der Waals surface area (Å²) in [5.41, 5.74) is 4.82. The standard InChI is InChI=1S/C22H29N3S/c1-16-4-8-20(9-5-16)24-22(26)23-18(3)19-6-10-21(11-7-19)25-14-12-17(2)13-15-25/h4-11,17-18H,12-15H2,1-3H3,(H2,23,24,26). The molecule has 2 aromatic rings. The van der Waals surface area contributed by atoms with Gasteiger partial charge in [0.25, 0.3) is 0 Å². The minimum Gasteiger partial charge on any atom is -0.372 e. The summed E-state index contributed by atoms with van der Waals surface area (Å²) in [6.45, 7) is 8.90. The molecule has 0 saturated carbocycles. The molecule has 1 atom stereocenters. The lowest BCUT2D eigenvalue weighted by atomic mass is 9.98. The van der Waals surface area contributed by atoms with Gasteiger partial charge in [0.15, 0.2) is 5.11 Å². The van der Waals surface area contributed by atoms with Gasteiger partial charge in [-0.3, -0.25) is 0 Å². The van der Waals surface area contributed by atoms with Gasteiger partial charge in [0.1, 0.15) is 0 Å². The number of rotatable bonds is 4. The lowest BCUT2D eigenvalue weighted by Gasteiger charge is -2.32. The van der Waals surface area contributed by atoms with E-state index in [4.69, 9.17) is 12.2 Å². The second-order valence-electron chi connectivity index (χ2n) is 7.45. The molecule has 0 aromatic heterocycles. The first kappa shape index (κ1) is 18.7. The Morgan fingerprint density at radius 2 is 1.65 bits per heavy atom. The van der Waals surface area contributed by atoms with Crippen LogP contribution in [0.2, 0.25) is 0 Å². The van der Waals surface area contributed by atoms with Crippen molar-refractivity contribution in [1.29, 1.82) is 0 Å².